The predicted octanol–water partition coefficient (Wildman–Crippen LogP) is 9.28. The number of imidazole rings is 1. The zero-order valence-electron chi connectivity index (χ0n) is 43.4. The Balaban J connectivity index is 1.15. The normalized spacial score (nSPS) is 17.8. The quantitative estimate of drug-likeness (QED) is 0.0259. The van der Waals surface area contributed by atoms with E-state index in [-0.39, 0.29) is 73.0 Å². The third kappa shape index (κ3) is 11.5. The maximum atomic E-state index is 13.5. The van der Waals surface area contributed by atoms with Crippen molar-refractivity contribution in [3.63, 3.8) is 0 Å². The molecule has 2 aliphatic rings. The molecule has 5 aromatic carbocycles. The summed E-state index contributed by atoms with van der Waals surface area (Å²) in [5.41, 5.74) is 2.48. The summed E-state index contributed by atoms with van der Waals surface area (Å²) in [7, 11) is 1.26. The van der Waals surface area contributed by atoms with Crippen LogP contribution in [-0.2, 0) is 33.7 Å². The second kappa shape index (κ2) is 24.7. The Labute approximate surface area is 447 Å². The number of anilines is 1. The lowest BCUT2D eigenvalue weighted by atomic mass is 9.80. The lowest BCUT2D eigenvalue weighted by Crippen LogP contribution is -2.43. The molecule has 20 heteroatoms. The van der Waals surface area contributed by atoms with Crippen LogP contribution in [0, 0.1) is 11.3 Å². The number of hydrogen-bond acceptors (Lipinski definition) is 16. The summed E-state index contributed by atoms with van der Waals surface area (Å²) in [6, 6.07) is 42.4. The van der Waals surface area contributed by atoms with E-state index in [1.54, 1.807) is 67.3 Å². The van der Waals surface area contributed by atoms with Gasteiger partial charge in [0.2, 0.25) is 0 Å². The van der Waals surface area contributed by atoms with Crippen molar-refractivity contribution in [2.24, 2.45) is 0 Å². The molecule has 1 N–H and O–H groups in total. The van der Waals surface area contributed by atoms with Gasteiger partial charge in [0, 0.05) is 17.6 Å². The van der Waals surface area contributed by atoms with Crippen molar-refractivity contribution in [1.82, 2.24) is 29.3 Å². The van der Waals surface area contributed by atoms with E-state index in [2.05, 4.69) is 26.0 Å². The van der Waals surface area contributed by atoms with Crippen LogP contribution >= 0.6 is 8.53 Å². The monoisotopic (exact) mass is 1060 g/mol. The van der Waals surface area contributed by atoms with Crippen LogP contribution in [0.4, 0.5) is 5.82 Å². The highest BCUT2D eigenvalue weighted by atomic mass is 31.2. The minimum atomic E-state index is -1.96. The highest BCUT2D eigenvalue weighted by molar-refractivity contribution is 7.44. The standard InChI is InChI=1S/C57H59N8O11P/c1-37(2)65(38(3)4)77(74-31-15-30-58)76-49-47(34-72-57(40-18-11-8-12-19-40,41-22-26-43(69-5)27-23-41)42-24-28-44(70-6)29-25-42)75-56(50(49)71-32-33-73-64-54(67)45-20-13-14-21-46(45)55(64)68)63-36-61-48-51(59-35-60-52(48)63)62-53(66)39-16-9-7-10-17-39/h7-14,16-29,35-38,47,49-50,56H,15,31-34H2,1-6H3,(H,59,60,62,66)/t47-,49-,50-,56-,77?/m1/s1. The first kappa shape index (κ1) is 54.3. The van der Waals surface area contributed by atoms with Gasteiger partial charge in [-0.2, -0.15) is 5.26 Å². The molecule has 1 unspecified atom stereocenters. The van der Waals surface area contributed by atoms with Gasteiger partial charge in [0.05, 0.1) is 70.6 Å². The van der Waals surface area contributed by atoms with Gasteiger partial charge >= 0.3 is 0 Å². The fourth-order valence-corrected chi connectivity index (χ4v) is 11.3. The molecule has 0 bridgehead atoms. The Morgan fingerprint density at radius 1 is 0.753 bits per heavy atom. The first-order valence-electron chi connectivity index (χ1n) is 25.1. The molecule has 2 aromatic heterocycles. The van der Waals surface area contributed by atoms with Gasteiger partial charge in [0.1, 0.15) is 41.7 Å². The van der Waals surface area contributed by atoms with Crippen molar-refractivity contribution in [3.05, 3.63) is 179 Å². The molecule has 4 heterocycles. The minimum Gasteiger partial charge on any atom is -0.497 e. The number of nitrogens with zero attached hydrogens (tertiary/aromatic N) is 7. The molecule has 1 saturated heterocycles. The van der Waals surface area contributed by atoms with E-state index in [0.717, 1.165) is 21.8 Å². The van der Waals surface area contributed by atoms with Crippen molar-refractivity contribution >= 4 is 43.2 Å². The number of rotatable bonds is 24. The largest absolute Gasteiger partial charge is 0.497 e. The fourth-order valence-electron chi connectivity index (χ4n) is 9.55. The molecular formula is C57H59N8O11P. The molecular weight excluding hydrogens is 1000 g/mol. The molecule has 0 saturated carbocycles. The molecule has 19 nitrogen and oxygen atoms in total. The number of carbonyl (C=O) groups excluding carboxylic acids is 3. The number of carbonyl (C=O) groups is 3. The first-order chi connectivity index (χ1) is 37.5. The van der Waals surface area contributed by atoms with Gasteiger partial charge in [0.15, 0.2) is 23.2 Å². The van der Waals surface area contributed by atoms with E-state index in [9.17, 15) is 19.6 Å². The van der Waals surface area contributed by atoms with Gasteiger partial charge in [-0.3, -0.25) is 23.8 Å². The summed E-state index contributed by atoms with van der Waals surface area (Å²) in [6.07, 6.45) is -1.18. The van der Waals surface area contributed by atoms with Crippen LogP contribution < -0.4 is 14.8 Å². The third-order valence-corrected chi connectivity index (χ3v) is 15.2. The Morgan fingerprint density at radius 3 is 1.92 bits per heavy atom. The summed E-state index contributed by atoms with van der Waals surface area (Å²) >= 11 is 0. The summed E-state index contributed by atoms with van der Waals surface area (Å²) in [5, 5.41) is 13.3. The van der Waals surface area contributed by atoms with Gasteiger partial charge in [-0.15, -0.1) is 5.06 Å². The molecule has 0 aliphatic carbocycles. The lowest BCUT2D eigenvalue weighted by molar-refractivity contribution is -0.128. The van der Waals surface area contributed by atoms with E-state index >= 15 is 0 Å². The molecule has 5 atom stereocenters. The van der Waals surface area contributed by atoms with Gasteiger partial charge in [-0.1, -0.05) is 84.9 Å². The molecule has 2 aliphatic heterocycles. The van der Waals surface area contributed by atoms with E-state index in [4.69, 9.17) is 42.6 Å². The first-order valence-corrected chi connectivity index (χ1v) is 26.3. The van der Waals surface area contributed by atoms with Gasteiger partial charge < -0.3 is 38.0 Å². The summed E-state index contributed by atoms with van der Waals surface area (Å²) in [4.78, 5) is 59.9. The van der Waals surface area contributed by atoms with Gasteiger partial charge in [-0.05, 0) is 92.9 Å². The van der Waals surface area contributed by atoms with Crippen molar-refractivity contribution in [1.29, 1.82) is 5.26 Å². The number of benzene rings is 5. The van der Waals surface area contributed by atoms with Crippen LogP contribution in [0.1, 0.15) is 88.1 Å². The van der Waals surface area contributed by atoms with Crippen LogP contribution in [0.5, 0.6) is 11.5 Å². The van der Waals surface area contributed by atoms with Crippen LogP contribution in [-0.4, -0.2) is 118 Å². The number of nitrogens with one attached hydrogen (secondary N) is 1. The number of aromatic nitrogens is 4. The van der Waals surface area contributed by atoms with Crippen LogP contribution in [0.15, 0.2) is 146 Å². The Morgan fingerprint density at radius 2 is 1.34 bits per heavy atom. The fraction of sp³-hybridized carbons (Fsp3) is 0.316. The number of ether oxygens (including phenoxy) is 5. The zero-order valence-corrected chi connectivity index (χ0v) is 44.3. The van der Waals surface area contributed by atoms with Crippen molar-refractivity contribution in [2.75, 3.05) is 46.0 Å². The number of hydroxylamine groups is 2. The highest BCUT2D eigenvalue weighted by Crippen LogP contribution is 2.52. The van der Waals surface area contributed by atoms with Crippen molar-refractivity contribution in [2.45, 2.75) is 76.3 Å². The average Bonchev–Trinajstić information content (AvgIpc) is 4.15. The summed E-state index contributed by atoms with van der Waals surface area (Å²) in [5.74, 6) is -0.130. The molecule has 398 valence electrons. The Bertz CT molecular complexity index is 3090. The van der Waals surface area contributed by atoms with Crippen LogP contribution in [0.3, 0.4) is 0 Å². The summed E-state index contributed by atoms with van der Waals surface area (Å²) < 4.78 is 50.4. The molecule has 77 heavy (non-hydrogen) atoms. The van der Waals surface area contributed by atoms with Crippen molar-refractivity contribution in [3.8, 4) is 17.6 Å². The van der Waals surface area contributed by atoms with Crippen LogP contribution in [0.2, 0.25) is 0 Å². The molecule has 3 amide bonds. The number of imide groups is 1. The SMILES string of the molecule is COc1ccc(C(OC[C@H]2O[C@@H](n3cnc4c(NC(=O)c5ccccc5)ncnc43)[C@H](OCCON3C(=O)c4ccccc4C3=O)[C@@H]2OP(OCCC#N)N(C(C)C)C(C)C)(c2ccccc2)c2ccc(OC)cc2)cc1. The second-order valence-electron chi connectivity index (χ2n) is 18.5. The zero-order chi connectivity index (χ0) is 54.1. The predicted molar refractivity (Wildman–Crippen MR) is 285 cm³/mol. The maximum absolute atomic E-state index is 13.5. The highest BCUT2D eigenvalue weighted by Gasteiger charge is 2.52. The Kier molecular flexibility index (Phi) is 17.4. The van der Waals surface area contributed by atoms with Gasteiger partial charge in [-0.25, -0.2) is 19.6 Å². The number of amides is 3. The minimum absolute atomic E-state index is 0.0720. The maximum Gasteiger partial charge on any atom is 0.285 e. The number of fused-ring (bicyclic) bond motifs is 2. The van der Waals surface area contributed by atoms with Gasteiger partial charge in [0.25, 0.3) is 26.2 Å². The number of nitriles is 1. The molecule has 0 spiro atoms. The molecule has 9 rings (SSSR count). The summed E-state index contributed by atoms with van der Waals surface area (Å²) in [6.45, 7) is 7.66. The van der Waals surface area contributed by atoms with E-state index in [0.29, 0.717) is 17.1 Å². The van der Waals surface area contributed by atoms with E-state index < -0.39 is 56.4 Å². The lowest BCUT2D eigenvalue weighted by Gasteiger charge is -2.39. The molecule has 7 aromatic rings. The second-order valence-corrected chi connectivity index (χ2v) is 19.9. The average molecular weight is 1060 g/mol. The van der Waals surface area contributed by atoms with E-state index in [1.165, 1.54) is 12.7 Å². The Hall–Kier alpha value is -7.50. The molecule has 1 fully saturated rings. The topological polar surface area (TPSA) is 211 Å². The number of methoxy groups -OCH3 is 2. The van der Waals surface area contributed by atoms with Crippen LogP contribution in [0.25, 0.3) is 11.2 Å². The molecule has 0 radical (unpaired) electrons. The van der Waals surface area contributed by atoms with E-state index in [1.807, 2.05) is 113 Å². The van der Waals surface area contributed by atoms with Crippen molar-refractivity contribution < 1.29 is 52.0 Å². The number of hydrogen-bond donors (Lipinski definition) is 1. The smallest absolute Gasteiger partial charge is 0.285 e. The third-order valence-electron chi connectivity index (χ3n) is 13.1.